The predicted molar refractivity (Wildman–Crippen MR) is 109 cm³/mol. The Bertz CT molecular complexity index is 890. The van der Waals surface area contributed by atoms with Crippen molar-refractivity contribution in [3.63, 3.8) is 0 Å². The van der Waals surface area contributed by atoms with Gasteiger partial charge in [0.15, 0.2) is 0 Å². The Hall–Kier alpha value is -2.50. The first kappa shape index (κ1) is 16.9. The van der Waals surface area contributed by atoms with Gasteiger partial charge in [-0.3, -0.25) is 4.90 Å². The molecule has 1 fully saturated rings. The number of nitrogens with one attached hydrogen (secondary N) is 1. The fraction of sp³-hybridized carbons (Fsp3) is 0.333. The van der Waals surface area contributed by atoms with Crippen LogP contribution in [0.3, 0.4) is 0 Å². The molecule has 2 heteroatoms. The van der Waals surface area contributed by atoms with E-state index in [0.29, 0.717) is 0 Å². The Morgan fingerprint density at radius 1 is 0.923 bits per heavy atom. The number of piperidine rings is 1. The molecule has 0 atom stereocenters. The summed E-state index contributed by atoms with van der Waals surface area (Å²) in [5.74, 6) is 7.56. The summed E-state index contributed by atoms with van der Waals surface area (Å²) in [5.41, 5.74) is 3.97. The SMILES string of the molecule is C(#CCN1CCC(Cc2ccccc2)CC1)Cc1ccc2[nH]ccc2c1. The van der Waals surface area contributed by atoms with Crippen LogP contribution >= 0.6 is 0 Å². The van der Waals surface area contributed by atoms with Crippen molar-refractivity contribution in [3.05, 3.63) is 71.9 Å². The van der Waals surface area contributed by atoms with Crippen LogP contribution in [-0.4, -0.2) is 29.5 Å². The molecule has 2 nitrogen and oxygen atoms in total. The van der Waals surface area contributed by atoms with E-state index in [9.17, 15) is 0 Å². The van der Waals surface area contributed by atoms with E-state index in [2.05, 4.69) is 76.3 Å². The highest BCUT2D eigenvalue weighted by molar-refractivity contribution is 5.79. The minimum absolute atomic E-state index is 0.828. The van der Waals surface area contributed by atoms with Crippen LogP contribution in [0.25, 0.3) is 10.9 Å². The van der Waals surface area contributed by atoms with Gasteiger partial charge in [-0.05, 0) is 73.0 Å². The van der Waals surface area contributed by atoms with E-state index in [0.717, 1.165) is 18.9 Å². The quantitative estimate of drug-likeness (QED) is 0.683. The first-order chi connectivity index (χ1) is 12.9. The van der Waals surface area contributed by atoms with E-state index in [1.807, 2.05) is 6.20 Å². The molecule has 1 aliphatic heterocycles. The zero-order chi connectivity index (χ0) is 17.6. The summed E-state index contributed by atoms with van der Waals surface area (Å²) in [7, 11) is 0. The van der Waals surface area contributed by atoms with Gasteiger partial charge in [-0.25, -0.2) is 0 Å². The number of aromatic amines is 1. The van der Waals surface area contributed by atoms with Crippen LogP contribution in [0.15, 0.2) is 60.8 Å². The van der Waals surface area contributed by atoms with Crippen LogP contribution in [0.5, 0.6) is 0 Å². The lowest BCUT2D eigenvalue weighted by molar-refractivity contribution is 0.203. The molecule has 1 aliphatic rings. The number of benzene rings is 2. The third kappa shape index (κ3) is 4.36. The van der Waals surface area contributed by atoms with Crippen molar-refractivity contribution in [2.24, 2.45) is 5.92 Å². The molecule has 2 aromatic carbocycles. The van der Waals surface area contributed by atoms with E-state index in [4.69, 9.17) is 0 Å². The molecule has 3 aromatic rings. The molecule has 1 aromatic heterocycles. The molecule has 0 aliphatic carbocycles. The molecule has 0 spiro atoms. The largest absolute Gasteiger partial charge is 0.361 e. The zero-order valence-electron chi connectivity index (χ0n) is 15.2. The summed E-state index contributed by atoms with van der Waals surface area (Å²) in [6, 6.07) is 19.6. The fourth-order valence-corrected chi connectivity index (χ4v) is 3.84. The van der Waals surface area contributed by atoms with Crippen LogP contribution < -0.4 is 0 Å². The minimum atomic E-state index is 0.828. The topological polar surface area (TPSA) is 19.0 Å². The van der Waals surface area contributed by atoms with Gasteiger partial charge in [-0.15, -0.1) is 0 Å². The molecule has 4 rings (SSSR count). The van der Waals surface area contributed by atoms with Crippen molar-refractivity contribution in [2.45, 2.75) is 25.7 Å². The Kier molecular flexibility index (Phi) is 5.38. The maximum Gasteiger partial charge on any atom is 0.0601 e. The number of rotatable bonds is 4. The van der Waals surface area contributed by atoms with Gasteiger partial charge >= 0.3 is 0 Å². The van der Waals surface area contributed by atoms with Gasteiger partial charge in [0, 0.05) is 18.1 Å². The van der Waals surface area contributed by atoms with Crippen molar-refractivity contribution < 1.29 is 0 Å². The average molecular weight is 342 g/mol. The standard InChI is InChI=1S/C24H26N2/c1-2-6-20(7-3-1)18-22-12-16-26(17-13-22)15-5-4-8-21-9-10-24-23(19-21)11-14-25-24/h1-3,6-7,9-11,14,19,22,25H,8,12-13,15-18H2. The van der Waals surface area contributed by atoms with Gasteiger partial charge in [0.05, 0.1) is 6.54 Å². The molecular weight excluding hydrogens is 316 g/mol. The van der Waals surface area contributed by atoms with Gasteiger partial charge in [0.2, 0.25) is 0 Å². The number of H-pyrrole nitrogens is 1. The first-order valence-corrected chi connectivity index (χ1v) is 9.65. The summed E-state index contributed by atoms with van der Waals surface area (Å²) >= 11 is 0. The first-order valence-electron chi connectivity index (χ1n) is 9.65. The third-order valence-electron chi connectivity index (χ3n) is 5.41. The lowest BCUT2D eigenvalue weighted by Crippen LogP contribution is -2.34. The molecule has 2 heterocycles. The molecule has 1 N–H and O–H groups in total. The predicted octanol–water partition coefficient (Wildman–Crippen LogP) is 4.67. The third-order valence-corrected chi connectivity index (χ3v) is 5.41. The summed E-state index contributed by atoms with van der Waals surface area (Å²) in [6.45, 7) is 3.27. The van der Waals surface area contributed by atoms with E-state index >= 15 is 0 Å². The molecule has 1 saturated heterocycles. The highest BCUT2D eigenvalue weighted by atomic mass is 15.1. The van der Waals surface area contributed by atoms with Gasteiger partial charge < -0.3 is 4.98 Å². The van der Waals surface area contributed by atoms with Crippen LogP contribution in [-0.2, 0) is 12.8 Å². The molecule has 132 valence electrons. The van der Waals surface area contributed by atoms with Crippen molar-refractivity contribution in [3.8, 4) is 11.8 Å². The van der Waals surface area contributed by atoms with Crippen LogP contribution in [0.4, 0.5) is 0 Å². The summed E-state index contributed by atoms with van der Waals surface area (Å²) in [4.78, 5) is 5.74. The Morgan fingerprint density at radius 3 is 2.62 bits per heavy atom. The van der Waals surface area contributed by atoms with Gasteiger partial charge in [-0.2, -0.15) is 0 Å². The average Bonchev–Trinajstić information content (AvgIpc) is 3.15. The maximum atomic E-state index is 3.38. The number of nitrogens with zero attached hydrogens (tertiary/aromatic N) is 1. The number of hydrogen-bond donors (Lipinski definition) is 1. The Morgan fingerprint density at radius 2 is 1.77 bits per heavy atom. The number of aromatic nitrogens is 1. The van der Waals surface area contributed by atoms with Crippen LogP contribution in [0, 0.1) is 17.8 Å². The van der Waals surface area contributed by atoms with Crippen LogP contribution in [0.1, 0.15) is 24.0 Å². The molecule has 0 radical (unpaired) electrons. The normalized spacial score (nSPS) is 15.7. The summed E-state index contributed by atoms with van der Waals surface area (Å²) < 4.78 is 0. The summed E-state index contributed by atoms with van der Waals surface area (Å²) in [6.07, 6.45) is 6.64. The lowest BCUT2D eigenvalue weighted by Gasteiger charge is -2.30. The van der Waals surface area contributed by atoms with Crippen molar-refractivity contribution in [2.75, 3.05) is 19.6 Å². The van der Waals surface area contributed by atoms with Gasteiger partial charge in [0.25, 0.3) is 0 Å². The van der Waals surface area contributed by atoms with Gasteiger partial charge in [0.1, 0.15) is 0 Å². The monoisotopic (exact) mass is 342 g/mol. The second-order valence-corrected chi connectivity index (χ2v) is 7.34. The fourth-order valence-electron chi connectivity index (χ4n) is 3.84. The second kappa shape index (κ2) is 8.25. The van der Waals surface area contributed by atoms with E-state index in [1.165, 1.54) is 54.4 Å². The van der Waals surface area contributed by atoms with E-state index in [-0.39, 0.29) is 0 Å². The number of hydrogen-bond acceptors (Lipinski definition) is 1. The van der Waals surface area contributed by atoms with E-state index < -0.39 is 0 Å². The summed E-state index contributed by atoms with van der Waals surface area (Å²) in [5, 5.41) is 1.27. The second-order valence-electron chi connectivity index (χ2n) is 7.34. The maximum absolute atomic E-state index is 3.38. The Balaban J connectivity index is 1.22. The molecule has 0 amide bonds. The van der Waals surface area contributed by atoms with Crippen LogP contribution in [0.2, 0.25) is 0 Å². The van der Waals surface area contributed by atoms with Crippen molar-refractivity contribution >= 4 is 10.9 Å². The molecule has 0 unspecified atom stereocenters. The zero-order valence-corrected chi connectivity index (χ0v) is 15.2. The lowest BCUT2D eigenvalue weighted by atomic mass is 9.90. The molecule has 26 heavy (non-hydrogen) atoms. The molecular formula is C24H26N2. The van der Waals surface area contributed by atoms with E-state index in [1.54, 1.807) is 0 Å². The van der Waals surface area contributed by atoms with Gasteiger partial charge in [-0.1, -0.05) is 48.2 Å². The number of likely N-dealkylation sites (tertiary alicyclic amines) is 1. The number of fused-ring (bicyclic) bond motifs is 1. The molecule has 0 saturated carbocycles. The highest BCUT2D eigenvalue weighted by Crippen LogP contribution is 2.21. The molecule has 0 bridgehead atoms. The van der Waals surface area contributed by atoms with Crippen molar-refractivity contribution in [1.29, 1.82) is 0 Å². The smallest absolute Gasteiger partial charge is 0.0601 e. The minimum Gasteiger partial charge on any atom is -0.361 e. The Labute approximate surface area is 156 Å². The highest BCUT2D eigenvalue weighted by Gasteiger charge is 2.18. The van der Waals surface area contributed by atoms with Crippen molar-refractivity contribution in [1.82, 2.24) is 9.88 Å².